The minimum atomic E-state index is -0.420. The van der Waals surface area contributed by atoms with Crippen LogP contribution in [0.25, 0.3) is 6.08 Å². The van der Waals surface area contributed by atoms with Gasteiger partial charge in [-0.1, -0.05) is 26.0 Å². The molecule has 0 N–H and O–H groups in total. The van der Waals surface area contributed by atoms with E-state index < -0.39 is 5.97 Å². The summed E-state index contributed by atoms with van der Waals surface area (Å²) in [7, 11) is 1.31. The number of Topliss-reactive ketones (excluding diaryl/α,β-unsaturated/α-hetero) is 1. The zero-order valence-corrected chi connectivity index (χ0v) is 11.8. The second-order valence-corrected chi connectivity index (χ2v) is 4.80. The average molecular weight is 271 g/mol. The molecule has 4 nitrogen and oxygen atoms in total. The number of allylic oxidation sites excluding steroid dienone is 1. The average Bonchev–Trinajstić information content (AvgIpc) is 2.43. The van der Waals surface area contributed by atoms with Crippen LogP contribution in [0.5, 0.6) is 0 Å². The first kappa shape index (κ1) is 15.6. The van der Waals surface area contributed by atoms with Crippen LogP contribution in [0, 0.1) is 17.2 Å². The number of benzene rings is 1. The summed E-state index contributed by atoms with van der Waals surface area (Å²) in [5, 5.41) is 9.04. The standard InChI is InChI=1S/C16H17NO3/c1-11(2)8-15(18)14(10-17)9-12-4-6-13(7-5-12)16(19)20-3/h4-7,9,11H,8H2,1-3H3/b14-9+. The largest absolute Gasteiger partial charge is 0.465 e. The van der Waals surface area contributed by atoms with Gasteiger partial charge in [-0.3, -0.25) is 4.79 Å². The van der Waals surface area contributed by atoms with Crippen LogP contribution in [0.1, 0.15) is 36.2 Å². The van der Waals surface area contributed by atoms with E-state index in [0.717, 1.165) is 0 Å². The third-order valence-corrected chi connectivity index (χ3v) is 2.66. The predicted octanol–water partition coefficient (Wildman–Crippen LogP) is 3.00. The molecule has 0 aromatic heterocycles. The summed E-state index contributed by atoms with van der Waals surface area (Å²) in [4.78, 5) is 23.1. The van der Waals surface area contributed by atoms with Crippen molar-refractivity contribution in [3.8, 4) is 6.07 Å². The molecule has 1 aromatic carbocycles. The van der Waals surface area contributed by atoms with E-state index >= 15 is 0 Å². The van der Waals surface area contributed by atoms with Gasteiger partial charge in [0, 0.05) is 6.42 Å². The molecule has 0 heterocycles. The number of ether oxygens (including phenoxy) is 1. The molecular weight excluding hydrogens is 254 g/mol. The minimum absolute atomic E-state index is 0.129. The van der Waals surface area contributed by atoms with Crippen LogP contribution < -0.4 is 0 Å². The fourth-order valence-electron chi connectivity index (χ4n) is 1.66. The summed E-state index contributed by atoms with van der Waals surface area (Å²) in [6, 6.07) is 8.46. The van der Waals surface area contributed by atoms with E-state index in [9.17, 15) is 9.59 Å². The van der Waals surface area contributed by atoms with Crippen molar-refractivity contribution in [2.75, 3.05) is 7.11 Å². The molecule has 0 saturated heterocycles. The third kappa shape index (κ3) is 4.36. The molecule has 20 heavy (non-hydrogen) atoms. The quantitative estimate of drug-likeness (QED) is 0.469. The fraction of sp³-hybridized carbons (Fsp3) is 0.312. The van der Waals surface area contributed by atoms with Gasteiger partial charge < -0.3 is 4.74 Å². The Morgan fingerprint density at radius 2 is 1.90 bits per heavy atom. The van der Waals surface area contributed by atoms with Crippen molar-refractivity contribution >= 4 is 17.8 Å². The molecule has 0 aliphatic rings. The number of carbonyl (C=O) groups is 2. The van der Waals surface area contributed by atoms with Gasteiger partial charge in [0.2, 0.25) is 0 Å². The lowest BCUT2D eigenvalue weighted by atomic mass is 10.00. The highest BCUT2D eigenvalue weighted by Gasteiger charge is 2.11. The fourth-order valence-corrected chi connectivity index (χ4v) is 1.66. The van der Waals surface area contributed by atoms with E-state index in [1.807, 2.05) is 19.9 Å². The smallest absolute Gasteiger partial charge is 0.337 e. The summed E-state index contributed by atoms with van der Waals surface area (Å²) in [6.45, 7) is 3.86. The Kier molecular flexibility index (Phi) is 5.67. The van der Waals surface area contributed by atoms with Gasteiger partial charge in [0.1, 0.15) is 6.07 Å². The minimum Gasteiger partial charge on any atom is -0.465 e. The molecule has 104 valence electrons. The molecule has 4 heteroatoms. The Hall–Kier alpha value is -2.41. The van der Waals surface area contributed by atoms with Crippen LogP contribution in [0.3, 0.4) is 0 Å². The second-order valence-electron chi connectivity index (χ2n) is 4.80. The maximum Gasteiger partial charge on any atom is 0.337 e. The van der Waals surface area contributed by atoms with E-state index in [4.69, 9.17) is 5.26 Å². The number of esters is 1. The molecule has 0 bridgehead atoms. The molecule has 0 aliphatic heterocycles. The van der Waals surface area contributed by atoms with Crippen molar-refractivity contribution in [1.29, 1.82) is 5.26 Å². The van der Waals surface area contributed by atoms with Gasteiger partial charge in [-0.15, -0.1) is 0 Å². The van der Waals surface area contributed by atoms with E-state index in [1.54, 1.807) is 24.3 Å². The molecule has 1 aromatic rings. The Bertz CT molecular complexity index is 562. The molecule has 0 atom stereocenters. The summed E-state index contributed by atoms with van der Waals surface area (Å²) in [5.41, 5.74) is 1.26. The first-order valence-electron chi connectivity index (χ1n) is 6.31. The summed E-state index contributed by atoms with van der Waals surface area (Å²) in [6.07, 6.45) is 1.88. The Morgan fingerprint density at radius 3 is 2.35 bits per heavy atom. The SMILES string of the molecule is COC(=O)c1ccc(/C=C(\C#N)C(=O)CC(C)C)cc1. The third-order valence-electron chi connectivity index (χ3n) is 2.66. The van der Waals surface area contributed by atoms with Gasteiger partial charge in [-0.05, 0) is 29.7 Å². The number of nitrogens with zero attached hydrogens (tertiary/aromatic N) is 1. The predicted molar refractivity (Wildman–Crippen MR) is 75.8 cm³/mol. The highest BCUT2D eigenvalue weighted by molar-refractivity contribution is 6.03. The Balaban J connectivity index is 2.94. The summed E-state index contributed by atoms with van der Waals surface area (Å²) >= 11 is 0. The van der Waals surface area contributed by atoms with Crippen LogP contribution >= 0.6 is 0 Å². The van der Waals surface area contributed by atoms with Crippen molar-refractivity contribution in [3.63, 3.8) is 0 Å². The normalized spacial score (nSPS) is 11.1. The molecule has 0 saturated carbocycles. The zero-order valence-electron chi connectivity index (χ0n) is 11.8. The van der Waals surface area contributed by atoms with E-state index in [-0.39, 0.29) is 17.3 Å². The van der Waals surface area contributed by atoms with Crippen molar-refractivity contribution in [2.45, 2.75) is 20.3 Å². The highest BCUT2D eigenvalue weighted by atomic mass is 16.5. The maximum atomic E-state index is 11.8. The lowest BCUT2D eigenvalue weighted by Gasteiger charge is -2.03. The molecule has 0 unspecified atom stereocenters. The number of nitriles is 1. The molecule has 0 aliphatic carbocycles. The molecule has 1 rings (SSSR count). The molecule has 0 fully saturated rings. The van der Waals surface area contributed by atoms with Crippen LogP contribution in [0.4, 0.5) is 0 Å². The molecule has 0 spiro atoms. The van der Waals surface area contributed by atoms with Crippen LogP contribution in [-0.4, -0.2) is 18.9 Å². The summed E-state index contributed by atoms with van der Waals surface area (Å²) in [5.74, 6) is -0.377. The van der Waals surface area contributed by atoms with Crippen molar-refractivity contribution in [2.24, 2.45) is 5.92 Å². The van der Waals surface area contributed by atoms with Crippen LogP contribution in [0.15, 0.2) is 29.8 Å². The molecule has 0 radical (unpaired) electrons. The number of hydrogen-bond donors (Lipinski definition) is 0. The second kappa shape index (κ2) is 7.25. The van der Waals surface area contributed by atoms with Crippen molar-refractivity contribution < 1.29 is 14.3 Å². The van der Waals surface area contributed by atoms with E-state index in [1.165, 1.54) is 13.2 Å². The number of carbonyl (C=O) groups excluding carboxylic acids is 2. The Morgan fingerprint density at radius 1 is 1.30 bits per heavy atom. The topological polar surface area (TPSA) is 67.2 Å². The van der Waals surface area contributed by atoms with Crippen LogP contribution in [0.2, 0.25) is 0 Å². The maximum absolute atomic E-state index is 11.8. The van der Waals surface area contributed by atoms with Gasteiger partial charge in [0.05, 0.1) is 18.2 Å². The van der Waals surface area contributed by atoms with Crippen molar-refractivity contribution in [3.05, 3.63) is 41.0 Å². The lowest BCUT2D eigenvalue weighted by Crippen LogP contribution is -2.05. The number of methoxy groups -OCH3 is 1. The van der Waals surface area contributed by atoms with E-state index in [2.05, 4.69) is 4.74 Å². The van der Waals surface area contributed by atoms with Crippen molar-refractivity contribution in [1.82, 2.24) is 0 Å². The number of ketones is 1. The van der Waals surface area contributed by atoms with Gasteiger partial charge in [-0.25, -0.2) is 4.79 Å². The van der Waals surface area contributed by atoms with Crippen LogP contribution in [-0.2, 0) is 9.53 Å². The number of hydrogen-bond acceptors (Lipinski definition) is 4. The lowest BCUT2D eigenvalue weighted by molar-refractivity contribution is -0.115. The zero-order chi connectivity index (χ0) is 15.1. The Labute approximate surface area is 118 Å². The monoisotopic (exact) mass is 271 g/mol. The molecule has 0 amide bonds. The first-order valence-corrected chi connectivity index (χ1v) is 6.31. The molecular formula is C16H17NO3. The van der Waals surface area contributed by atoms with Gasteiger partial charge in [0.15, 0.2) is 5.78 Å². The van der Waals surface area contributed by atoms with Gasteiger partial charge in [-0.2, -0.15) is 5.26 Å². The first-order chi connectivity index (χ1) is 9.47. The van der Waals surface area contributed by atoms with Gasteiger partial charge in [0.25, 0.3) is 0 Å². The van der Waals surface area contributed by atoms with Gasteiger partial charge >= 0.3 is 5.97 Å². The highest BCUT2D eigenvalue weighted by Crippen LogP contribution is 2.13. The van der Waals surface area contributed by atoms with E-state index in [0.29, 0.717) is 17.5 Å². The number of rotatable bonds is 5. The summed E-state index contributed by atoms with van der Waals surface area (Å²) < 4.78 is 4.60.